The zero-order valence-corrected chi connectivity index (χ0v) is 15.3. The van der Waals surface area contributed by atoms with Crippen LogP contribution in [0.3, 0.4) is 0 Å². The van der Waals surface area contributed by atoms with E-state index in [4.69, 9.17) is 9.73 Å². The summed E-state index contributed by atoms with van der Waals surface area (Å²) in [5.74, 6) is 0.565. The number of ether oxygens (including phenoxy) is 1. The predicted octanol–water partition coefficient (Wildman–Crippen LogP) is 4.68. The fraction of sp³-hybridized carbons (Fsp3) is 0.136. The number of aliphatic imine (C=N–C) groups is 1. The number of rotatable bonds is 4. The molecule has 4 heteroatoms. The normalized spacial score (nSPS) is 17.4. The second-order valence-corrected chi connectivity index (χ2v) is 7.70. The number of aryl methyl sites for hydroxylation is 1. The highest BCUT2D eigenvalue weighted by Crippen LogP contribution is 2.28. The molecule has 0 aliphatic carbocycles. The molecule has 1 unspecified atom stereocenters. The molecule has 0 bridgehead atoms. The molecule has 1 aliphatic rings. The van der Waals surface area contributed by atoms with E-state index in [2.05, 4.69) is 12.1 Å². The maximum absolute atomic E-state index is 13.1. The van der Waals surface area contributed by atoms with Crippen molar-refractivity contribution in [2.45, 2.75) is 22.8 Å². The van der Waals surface area contributed by atoms with Crippen LogP contribution in [0.4, 0.5) is 0 Å². The summed E-state index contributed by atoms with van der Waals surface area (Å²) in [5, 5.41) is 0. The molecule has 2 atom stereocenters. The van der Waals surface area contributed by atoms with Crippen LogP contribution in [-0.2, 0) is 15.5 Å². The molecule has 0 amide bonds. The first kappa shape index (κ1) is 16.7. The van der Waals surface area contributed by atoms with Crippen LogP contribution in [0.15, 0.2) is 93.6 Å². The van der Waals surface area contributed by atoms with Gasteiger partial charge in [0.15, 0.2) is 0 Å². The summed E-state index contributed by atoms with van der Waals surface area (Å²) in [6, 6.07) is 25.5. The molecule has 0 fully saturated rings. The summed E-state index contributed by atoms with van der Waals surface area (Å²) in [5.41, 5.74) is 3.07. The van der Waals surface area contributed by atoms with Crippen molar-refractivity contribution >= 4 is 16.7 Å². The van der Waals surface area contributed by atoms with Crippen LogP contribution < -0.4 is 0 Å². The van der Waals surface area contributed by atoms with Gasteiger partial charge in [-0.1, -0.05) is 60.2 Å². The standard InChI is InChI=1S/C22H19NO2S/c1-16-11-13-18(14-12-16)26(24)21-10-6-5-9-19(21)22-23-20(15-25-22)17-7-3-2-4-8-17/h2-14,20H,15H2,1H3/t20?,26-/m0/s1. The Kier molecular flexibility index (Phi) is 4.67. The average molecular weight is 361 g/mol. The van der Waals surface area contributed by atoms with E-state index in [1.54, 1.807) is 0 Å². The van der Waals surface area contributed by atoms with Gasteiger partial charge in [0, 0.05) is 4.90 Å². The lowest BCUT2D eigenvalue weighted by Gasteiger charge is -2.09. The molecular weight excluding hydrogens is 342 g/mol. The van der Waals surface area contributed by atoms with E-state index in [0.29, 0.717) is 12.5 Å². The van der Waals surface area contributed by atoms with E-state index in [0.717, 1.165) is 26.5 Å². The fourth-order valence-electron chi connectivity index (χ4n) is 2.96. The zero-order valence-electron chi connectivity index (χ0n) is 14.5. The number of hydrogen-bond acceptors (Lipinski definition) is 3. The Labute approximate surface area is 155 Å². The van der Waals surface area contributed by atoms with Crippen LogP contribution >= 0.6 is 0 Å². The SMILES string of the molecule is Cc1ccc([S@](=O)c2ccccc2C2=NC(c3ccccc3)CO2)cc1. The number of hydrogen-bond donors (Lipinski definition) is 0. The van der Waals surface area contributed by atoms with E-state index in [9.17, 15) is 4.21 Å². The quantitative estimate of drug-likeness (QED) is 0.677. The highest BCUT2D eigenvalue weighted by atomic mass is 32.2. The first-order chi connectivity index (χ1) is 12.7. The van der Waals surface area contributed by atoms with Crippen molar-refractivity contribution in [1.82, 2.24) is 0 Å². The van der Waals surface area contributed by atoms with Gasteiger partial charge in [-0.25, -0.2) is 9.20 Å². The minimum Gasteiger partial charge on any atom is -0.475 e. The summed E-state index contributed by atoms with van der Waals surface area (Å²) < 4.78 is 19.0. The molecule has 0 saturated heterocycles. The van der Waals surface area contributed by atoms with Gasteiger partial charge in [-0.15, -0.1) is 0 Å². The lowest BCUT2D eigenvalue weighted by molar-refractivity contribution is 0.319. The molecule has 0 aromatic heterocycles. The lowest BCUT2D eigenvalue weighted by Crippen LogP contribution is -2.07. The second kappa shape index (κ2) is 7.26. The Hall–Kier alpha value is -2.72. The first-order valence-electron chi connectivity index (χ1n) is 8.56. The lowest BCUT2D eigenvalue weighted by atomic mass is 10.1. The van der Waals surface area contributed by atoms with Crippen LogP contribution in [0.1, 0.15) is 22.7 Å². The third kappa shape index (κ3) is 3.33. The highest BCUT2D eigenvalue weighted by Gasteiger charge is 2.24. The third-order valence-electron chi connectivity index (χ3n) is 4.39. The van der Waals surface area contributed by atoms with Gasteiger partial charge in [0.1, 0.15) is 12.6 Å². The van der Waals surface area contributed by atoms with Gasteiger partial charge < -0.3 is 4.74 Å². The van der Waals surface area contributed by atoms with Crippen molar-refractivity contribution in [3.05, 3.63) is 95.6 Å². The highest BCUT2D eigenvalue weighted by molar-refractivity contribution is 7.85. The molecule has 3 aromatic carbocycles. The third-order valence-corrected chi connectivity index (χ3v) is 5.84. The van der Waals surface area contributed by atoms with E-state index >= 15 is 0 Å². The molecule has 3 aromatic rings. The van der Waals surface area contributed by atoms with Gasteiger partial charge in [0.2, 0.25) is 5.90 Å². The Morgan fingerprint density at radius 2 is 1.62 bits per heavy atom. The number of benzene rings is 3. The topological polar surface area (TPSA) is 38.7 Å². The minimum absolute atomic E-state index is 0.0212. The van der Waals surface area contributed by atoms with Crippen LogP contribution in [0, 0.1) is 6.92 Å². The largest absolute Gasteiger partial charge is 0.475 e. The Bertz CT molecular complexity index is 965. The number of nitrogens with zero attached hydrogens (tertiary/aromatic N) is 1. The van der Waals surface area contributed by atoms with Crippen molar-refractivity contribution in [3.63, 3.8) is 0 Å². The smallest absolute Gasteiger partial charge is 0.218 e. The maximum Gasteiger partial charge on any atom is 0.218 e. The van der Waals surface area contributed by atoms with E-state index < -0.39 is 10.8 Å². The van der Waals surface area contributed by atoms with Crippen molar-refractivity contribution < 1.29 is 8.95 Å². The monoisotopic (exact) mass is 361 g/mol. The van der Waals surface area contributed by atoms with Crippen molar-refractivity contribution in [2.24, 2.45) is 4.99 Å². The van der Waals surface area contributed by atoms with Crippen molar-refractivity contribution in [1.29, 1.82) is 0 Å². The summed E-state index contributed by atoms with van der Waals surface area (Å²) in [6.07, 6.45) is 0. The van der Waals surface area contributed by atoms with Crippen molar-refractivity contribution in [2.75, 3.05) is 6.61 Å². The molecule has 0 saturated carbocycles. The van der Waals surface area contributed by atoms with Crippen LogP contribution in [-0.4, -0.2) is 16.7 Å². The van der Waals surface area contributed by atoms with E-state index in [-0.39, 0.29) is 6.04 Å². The molecule has 130 valence electrons. The van der Waals surface area contributed by atoms with Crippen LogP contribution in [0.5, 0.6) is 0 Å². The predicted molar refractivity (Wildman–Crippen MR) is 104 cm³/mol. The molecule has 1 aliphatic heterocycles. The van der Waals surface area contributed by atoms with Crippen LogP contribution in [0.25, 0.3) is 0 Å². The first-order valence-corrected chi connectivity index (χ1v) is 9.71. The molecule has 4 rings (SSSR count). The van der Waals surface area contributed by atoms with Gasteiger partial charge in [-0.05, 0) is 36.8 Å². The Morgan fingerprint density at radius 3 is 2.38 bits per heavy atom. The Balaban J connectivity index is 1.68. The van der Waals surface area contributed by atoms with Gasteiger partial charge >= 0.3 is 0 Å². The Morgan fingerprint density at radius 1 is 0.923 bits per heavy atom. The van der Waals surface area contributed by atoms with E-state index in [1.165, 1.54) is 0 Å². The van der Waals surface area contributed by atoms with Gasteiger partial charge in [0.25, 0.3) is 0 Å². The summed E-state index contributed by atoms with van der Waals surface area (Å²) in [7, 11) is -1.28. The van der Waals surface area contributed by atoms with Crippen molar-refractivity contribution in [3.8, 4) is 0 Å². The van der Waals surface area contributed by atoms with Crippen LogP contribution in [0.2, 0.25) is 0 Å². The fourth-order valence-corrected chi connectivity index (χ4v) is 4.16. The van der Waals surface area contributed by atoms with E-state index in [1.807, 2.05) is 73.7 Å². The summed E-state index contributed by atoms with van der Waals surface area (Å²) in [6.45, 7) is 2.52. The van der Waals surface area contributed by atoms with Gasteiger partial charge in [-0.2, -0.15) is 0 Å². The zero-order chi connectivity index (χ0) is 17.9. The molecule has 1 heterocycles. The van der Waals surface area contributed by atoms with Gasteiger partial charge in [-0.3, -0.25) is 0 Å². The maximum atomic E-state index is 13.1. The minimum atomic E-state index is -1.28. The summed E-state index contributed by atoms with van der Waals surface area (Å²) in [4.78, 5) is 6.24. The molecule has 26 heavy (non-hydrogen) atoms. The summed E-state index contributed by atoms with van der Waals surface area (Å²) >= 11 is 0. The molecule has 0 radical (unpaired) electrons. The molecular formula is C22H19NO2S. The van der Waals surface area contributed by atoms with Gasteiger partial charge in [0.05, 0.1) is 21.3 Å². The second-order valence-electron chi connectivity index (χ2n) is 6.25. The molecule has 0 spiro atoms. The molecule has 0 N–H and O–H groups in total. The molecule has 3 nitrogen and oxygen atoms in total. The average Bonchev–Trinajstić information content (AvgIpc) is 3.19.